The van der Waals surface area contributed by atoms with E-state index in [1.807, 2.05) is 10.9 Å². The highest BCUT2D eigenvalue weighted by Gasteiger charge is 2.17. The molecule has 0 aliphatic heterocycles. The first-order chi connectivity index (χ1) is 11.4. The topological polar surface area (TPSA) is 67.4 Å². The SMILES string of the molecule is CC(Oc1ccccc1F)C(=O)NNC(=O)c1cc(F)cc(F)c1. The summed E-state index contributed by atoms with van der Waals surface area (Å²) in [7, 11) is 0. The number of ether oxygens (including phenoxy) is 1. The van der Waals surface area contributed by atoms with Gasteiger partial charge in [0.15, 0.2) is 17.7 Å². The predicted octanol–water partition coefficient (Wildman–Crippen LogP) is 2.33. The highest BCUT2D eigenvalue weighted by molar-refractivity contribution is 5.95. The summed E-state index contributed by atoms with van der Waals surface area (Å²) in [5, 5.41) is 0. The Hall–Kier alpha value is -3.03. The summed E-state index contributed by atoms with van der Waals surface area (Å²) in [6.07, 6.45) is -1.12. The van der Waals surface area contributed by atoms with Gasteiger partial charge in [0, 0.05) is 11.6 Å². The summed E-state index contributed by atoms with van der Waals surface area (Å²) in [6.45, 7) is 1.34. The average Bonchev–Trinajstić information content (AvgIpc) is 2.53. The van der Waals surface area contributed by atoms with E-state index in [1.54, 1.807) is 0 Å². The summed E-state index contributed by atoms with van der Waals surface area (Å²) in [6, 6.07) is 7.73. The van der Waals surface area contributed by atoms with Gasteiger partial charge in [-0.15, -0.1) is 0 Å². The molecule has 126 valence electrons. The molecule has 0 radical (unpaired) electrons. The molecule has 0 fully saturated rings. The number of halogens is 3. The Kier molecular flexibility index (Phi) is 5.41. The van der Waals surface area contributed by atoms with Crippen LogP contribution in [-0.2, 0) is 4.79 Å². The monoisotopic (exact) mass is 338 g/mol. The van der Waals surface area contributed by atoms with E-state index in [9.17, 15) is 22.8 Å². The first-order valence-electron chi connectivity index (χ1n) is 6.84. The molecular weight excluding hydrogens is 325 g/mol. The lowest BCUT2D eigenvalue weighted by atomic mass is 10.2. The standard InChI is InChI=1S/C16H13F3N2O3/c1-9(24-14-5-3-2-4-13(14)19)15(22)20-21-16(23)10-6-11(17)8-12(18)7-10/h2-9H,1H3,(H,20,22)(H,21,23). The van der Waals surface area contributed by atoms with Gasteiger partial charge in [0.25, 0.3) is 11.8 Å². The van der Waals surface area contributed by atoms with Crippen molar-refractivity contribution in [1.82, 2.24) is 10.9 Å². The first kappa shape index (κ1) is 17.3. The van der Waals surface area contributed by atoms with Gasteiger partial charge in [0.2, 0.25) is 0 Å². The third kappa shape index (κ3) is 4.48. The Labute approximate surface area is 135 Å². The predicted molar refractivity (Wildman–Crippen MR) is 78.5 cm³/mol. The summed E-state index contributed by atoms with van der Waals surface area (Å²) in [4.78, 5) is 23.5. The molecule has 24 heavy (non-hydrogen) atoms. The van der Waals surface area contributed by atoms with Crippen LogP contribution in [0.25, 0.3) is 0 Å². The van der Waals surface area contributed by atoms with Crippen molar-refractivity contribution in [1.29, 1.82) is 0 Å². The van der Waals surface area contributed by atoms with E-state index in [0.29, 0.717) is 6.07 Å². The molecule has 0 spiro atoms. The van der Waals surface area contributed by atoms with Crippen LogP contribution in [0.2, 0.25) is 0 Å². The number of carbonyl (C=O) groups is 2. The Morgan fingerprint density at radius 2 is 1.62 bits per heavy atom. The first-order valence-corrected chi connectivity index (χ1v) is 6.84. The van der Waals surface area contributed by atoms with E-state index < -0.39 is 35.4 Å². The second-order valence-corrected chi connectivity index (χ2v) is 4.79. The summed E-state index contributed by atoms with van der Waals surface area (Å²) < 4.78 is 44.6. The lowest BCUT2D eigenvalue weighted by Crippen LogP contribution is -2.47. The van der Waals surface area contributed by atoms with Crippen LogP contribution in [0.5, 0.6) is 5.75 Å². The molecule has 2 N–H and O–H groups in total. The van der Waals surface area contributed by atoms with Crippen LogP contribution in [0.1, 0.15) is 17.3 Å². The van der Waals surface area contributed by atoms with Gasteiger partial charge in [0.1, 0.15) is 11.6 Å². The lowest BCUT2D eigenvalue weighted by molar-refractivity contribution is -0.128. The molecule has 0 aliphatic rings. The minimum Gasteiger partial charge on any atom is -0.478 e. The second-order valence-electron chi connectivity index (χ2n) is 4.79. The van der Waals surface area contributed by atoms with E-state index in [1.165, 1.54) is 31.2 Å². The van der Waals surface area contributed by atoms with Crippen molar-refractivity contribution >= 4 is 11.8 Å². The third-order valence-corrected chi connectivity index (χ3v) is 2.93. The van der Waals surface area contributed by atoms with Crippen molar-refractivity contribution in [3.8, 4) is 5.75 Å². The van der Waals surface area contributed by atoms with Crippen LogP contribution >= 0.6 is 0 Å². The molecule has 0 aromatic heterocycles. The van der Waals surface area contributed by atoms with E-state index in [-0.39, 0.29) is 11.3 Å². The van der Waals surface area contributed by atoms with E-state index in [2.05, 4.69) is 0 Å². The molecule has 1 atom stereocenters. The zero-order valence-electron chi connectivity index (χ0n) is 12.5. The van der Waals surface area contributed by atoms with Crippen LogP contribution in [0.15, 0.2) is 42.5 Å². The molecular formula is C16H13F3N2O3. The quantitative estimate of drug-likeness (QED) is 0.841. The maximum absolute atomic E-state index is 13.4. The van der Waals surface area contributed by atoms with Gasteiger partial charge in [-0.2, -0.15) is 0 Å². The number of benzene rings is 2. The molecule has 0 saturated carbocycles. The molecule has 0 bridgehead atoms. The minimum atomic E-state index is -1.12. The smallest absolute Gasteiger partial charge is 0.279 e. The van der Waals surface area contributed by atoms with Crippen molar-refractivity contribution in [2.75, 3.05) is 0 Å². The summed E-state index contributed by atoms with van der Waals surface area (Å²) in [5.74, 6) is -4.32. The molecule has 0 heterocycles. The number of hydrogen-bond acceptors (Lipinski definition) is 3. The molecule has 0 aliphatic carbocycles. The number of nitrogens with one attached hydrogen (secondary N) is 2. The molecule has 2 amide bonds. The number of amides is 2. The second kappa shape index (κ2) is 7.49. The molecule has 2 aromatic rings. The van der Waals surface area contributed by atoms with Crippen molar-refractivity contribution in [2.45, 2.75) is 13.0 Å². The van der Waals surface area contributed by atoms with E-state index in [4.69, 9.17) is 4.74 Å². The van der Waals surface area contributed by atoms with Gasteiger partial charge in [-0.3, -0.25) is 20.4 Å². The third-order valence-electron chi connectivity index (χ3n) is 2.93. The molecule has 5 nitrogen and oxygen atoms in total. The Morgan fingerprint density at radius 1 is 1.00 bits per heavy atom. The van der Waals surface area contributed by atoms with Gasteiger partial charge in [0.05, 0.1) is 0 Å². The van der Waals surface area contributed by atoms with E-state index in [0.717, 1.165) is 12.1 Å². The normalized spacial score (nSPS) is 11.5. The molecule has 2 aromatic carbocycles. The largest absolute Gasteiger partial charge is 0.478 e. The van der Waals surface area contributed by atoms with Crippen LogP contribution in [0.4, 0.5) is 13.2 Å². The number of hydrazine groups is 1. The van der Waals surface area contributed by atoms with Crippen molar-refractivity contribution in [3.05, 3.63) is 65.5 Å². The minimum absolute atomic E-state index is 0.126. The van der Waals surface area contributed by atoms with Crippen molar-refractivity contribution < 1.29 is 27.5 Å². The van der Waals surface area contributed by atoms with Crippen molar-refractivity contribution in [3.63, 3.8) is 0 Å². The van der Waals surface area contributed by atoms with Crippen LogP contribution in [-0.4, -0.2) is 17.9 Å². The van der Waals surface area contributed by atoms with Crippen LogP contribution < -0.4 is 15.6 Å². The van der Waals surface area contributed by atoms with Gasteiger partial charge in [-0.05, 0) is 31.2 Å². The van der Waals surface area contributed by atoms with Gasteiger partial charge < -0.3 is 4.74 Å². The Balaban J connectivity index is 1.92. The maximum Gasteiger partial charge on any atom is 0.279 e. The molecule has 0 saturated heterocycles. The number of carbonyl (C=O) groups excluding carboxylic acids is 2. The van der Waals surface area contributed by atoms with Gasteiger partial charge in [-0.25, -0.2) is 13.2 Å². The zero-order valence-corrected chi connectivity index (χ0v) is 12.5. The fourth-order valence-corrected chi connectivity index (χ4v) is 1.76. The highest BCUT2D eigenvalue weighted by Crippen LogP contribution is 2.16. The highest BCUT2D eigenvalue weighted by atomic mass is 19.1. The number of para-hydroxylation sites is 1. The van der Waals surface area contributed by atoms with Crippen LogP contribution in [0, 0.1) is 17.5 Å². The van der Waals surface area contributed by atoms with Gasteiger partial charge >= 0.3 is 0 Å². The number of hydrogen-bond donors (Lipinski definition) is 2. The van der Waals surface area contributed by atoms with E-state index >= 15 is 0 Å². The molecule has 1 unspecified atom stereocenters. The number of rotatable bonds is 4. The Bertz CT molecular complexity index is 748. The van der Waals surface area contributed by atoms with Crippen LogP contribution in [0.3, 0.4) is 0 Å². The fraction of sp³-hybridized carbons (Fsp3) is 0.125. The fourth-order valence-electron chi connectivity index (χ4n) is 1.76. The lowest BCUT2D eigenvalue weighted by Gasteiger charge is -2.15. The zero-order chi connectivity index (χ0) is 17.7. The molecule has 2 rings (SSSR count). The average molecular weight is 338 g/mol. The van der Waals surface area contributed by atoms with Gasteiger partial charge in [-0.1, -0.05) is 12.1 Å². The summed E-state index contributed by atoms with van der Waals surface area (Å²) >= 11 is 0. The summed E-state index contributed by atoms with van der Waals surface area (Å²) in [5.41, 5.74) is 3.71. The Morgan fingerprint density at radius 3 is 2.25 bits per heavy atom. The molecule has 8 heteroatoms. The van der Waals surface area contributed by atoms with Crippen molar-refractivity contribution in [2.24, 2.45) is 0 Å². The maximum atomic E-state index is 13.4.